The summed E-state index contributed by atoms with van der Waals surface area (Å²) in [6.07, 6.45) is 2.10. The van der Waals surface area contributed by atoms with Gasteiger partial charge in [0.2, 0.25) is 0 Å². The Labute approximate surface area is 103 Å². The van der Waals surface area contributed by atoms with E-state index in [1.165, 1.54) is 23.2 Å². The van der Waals surface area contributed by atoms with Crippen LogP contribution in [0, 0.1) is 12.8 Å². The van der Waals surface area contributed by atoms with Gasteiger partial charge in [0.1, 0.15) is 0 Å². The summed E-state index contributed by atoms with van der Waals surface area (Å²) in [4.78, 5) is 2.41. The standard InChI is InChI=1S/C14H22N2O/c1-11-2-3-13(9-15)14(8-11)16-6-4-12(10-16)5-7-17/h2-3,8,12,17H,4-7,9-10,15H2,1H3. The van der Waals surface area contributed by atoms with Crippen molar-refractivity contribution < 1.29 is 5.11 Å². The van der Waals surface area contributed by atoms with E-state index in [2.05, 4.69) is 30.0 Å². The summed E-state index contributed by atoms with van der Waals surface area (Å²) in [5.41, 5.74) is 9.58. The first-order valence-electron chi connectivity index (χ1n) is 6.40. The van der Waals surface area contributed by atoms with Crippen molar-refractivity contribution in [1.29, 1.82) is 0 Å². The number of aliphatic hydroxyl groups excluding tert-OH is 1. The van der Waals surface area contributed by atoms with Crippen LogP contribution in [0.1, 0.15) is 24.0 Å². The molecule has 94 valence electrons. The summed E-state index contributed by atoms with van der Waals surface area (Å²) >= 11 is 0. The second-order valence-corrected chi connectivity index (χ2v) is 4.95. The number of hydrogen-bond acceptors (Lipinski definition) is 3. The average molecular weight is 234 g/mol. The smallest absolute Gasteiger partial charge is 0.0434 e. The fraction of sp³-hybridized carbons (Fsp3) is 0.571. The molecule has 1 heterocycles. The average Bonchev–Trinajstić information content (AvgIpc) is 2.78. The minimum atomic E-state index is 0.302. The van der Waals surface area contributed by atoms with Crippen LogP contribution in [0.15, 0.2) is 18.2 Å². The van der Waals surface area contributed by atoms with E-state index < -0.39 is 0 Å². The molecule has 3 heteroatoms. The van der Waals surface area contributed by atoms with Crippen LogP contribution >= 0.6 is 0 Å². The third kappa shape index (κ3) is 2.79. The summed E-state index contributed by atoms with van der Waals surface area (Å²) in [6, 6.07) is 6.47. The lowest BCUT2D eigenvalue weighted by Crippen LogP contribution is -2.22. The third-order valence-electron chi connectivity index (χ3n) is 3.62. The SMILES string of the molecule is Cc1ccc(CN)c(N2CCC(CCO)C2)c1. The summed E-state index contributed by atoms with van der Waals surface area (Å²) in [7, 11) is 0. The number of nitrogens with two attached hydrogens (primary N) is 1. The summed E-state index contributed by atoms with van der Waals surface area (Å²) in [6.45, 7) is 5.15. The van der Waals surface area contributed by atoms with Crippen LogP contribution in [0.4, 0.5) is 5.69 Å². The second kappa shape index (κ2) is 5.52. The van der Waals surface area contributed by atoms with E-state index in [0.717, 1.165) is 19.5 Å². The lowest BCUT2D eigenvalue weighted by Gasteiger charge is -2.22. The Morgan fingerprint density at radius 2 is 2.29 bits per heavy atom. The maximum Gasteiger partial charge on any atom is 0.0434 e. The van der Waals surface area contributed by atoms with E-state index in [-0.39, 0.29) is 0 Å². The van der Waals surface area contributed by atoms with Gasteiger partial charge in [0, 0.05) is 31.9 Å². The van der Waals surface area contributed by atoms with Gasteiger partial charge in [-0.1, -0.05) is 12.1 Å². The highest BCUT2D eigenvalue weighted by Gasteiger charge is 2.23. The maximum absolute atomic E-state index is 8.99. The van der Waals surface area contributed by atoms with Gasteiger partial charge in [0.25, 0.3) is 0 Å². The highest BCUT2D eigenvalue weighted by Crippen LogP contribution is 2.29. The number of aryl methyl sites for hydroxylation is 1. The van der Waals surface area contributed by atoms with Crippen LogP contribution in [0.2, 0.25) is 0 Å². The van der Waals surface area contributed by atoms with Crippen molar-refractivity contribution in [2.75, 3.05) is 24.6 Å². The lowest BCUT2D eigenvalue weighted by molar-refractivity contribution is 0.263. The topological polar surface area (TPSA) is 49.5 Å². The Morgan fingerprint density at radius 3 is 3.00 bits per heavy atom. The lowest BCUT2D eigenvalue weighted by atomic mass is 10.1. The Kier molecular flexibility index (Phi) is 4.02. The molecule has 0 radical (unpaired) electrons. The third-order valence-corrected chi connectivity index (χ3v) is 3.62. The van der Waals surface area contributed by atoms with Gasteiger partial charge >= 0.3 is 0 Å². The van der Waals surface area contributed by atoms with Gasteiger partial charge in [0.05, 0.1) is 0 Å². The quantitative estimate of drug-likeness (QED) is 0.833. The molecule has 1 aliphatic rings. The Morgan fingerprint density at radius 1 is 1.47 bits per heavy atom. The summed E-state index contributed by atoms with van der Waals surface area (Å²) < 4.78 is 0. The number of rotatable bonds is 4. The van der Waals surface area contributed by atoms with E-state index in [1.54, 1.807) is 0 Å². The molecular formula is C14H22N2O. The molecule has 1 aromatic carbocycles. The normalized spacial score (nSPS) is 19.9. The minimum Gasteiger partial charge on any atom is -0.396 e. The monoisotopic (exact) mass is 234 g/mol. The first kappa shape index (κ1) is 12.4. The molecule has 0 spiro atoms. The van der Waals surface area contributed by atoms with Crippen molar-refractivity contribution in [2.24, 2.45) is 11.7 Å². The van der Waals surface area contributed by atoms with Crippen LogP contribution < -0.4 is 10.6 Å². The van der Waals surface area contributed by atoms with Gasteiger partial charge in [-0.3, -0.25) is 0 Å². The number of nitrogens with zero attached hydrogens (tertiary/aromatic N) is 1. The molecule has 17 heavy (non-hydrogen) atoms. The van der Waals surface area contributed by atoms with E-state index in [4.69, 9.17) is 10.8 Å². The minimum absolute atomic E-state index is 0.302. The molecule has 1 unspecified atom stereocenters. The molecule has 0 aliphatic carbocycles. The highest BCUT2D eigenvalue weighted by atomic mass is 16.3. The molecule has 1 fully saturated rings. The van der Waals surface area contributed by atoms with Crippen molar-refractivity contribution in [3.8, 4) is 0 Å². The van der Waals surface area contributed by atoms with E-state index in [1.807, 2.05) is 0 Å². The van der Waals surface area contributed by atoms with E-state index in [9.17, 15) is 0 Å². The van der Waals surface area contributed by atoms with Crippen molar-refractivity contribution >= 4 is 5.69 Å². The number of hydrogen-bond donors (Lipinski definition) is 2. The molecule has 1 atom stereocenters. The fourth-order valence-corrected chi connectivity index (χ4v) is 2.61. The van der Waals surface area contributed by atoms with Gasteiger partial charge < -0.3 is 15.7 Å². The Balaban J connectivity index is 2.14. The van der Waals surface area contributed by atoms with Gasteiger partial charge in [-0.2, -0.15) is 0 Å². The van der Waals surface area contributed by atoms with Crippen LogP contribution in [-0.4, -0.2) is 24.8 Å². The highest BCUT2D eigenvalue weighted by molar-refractivity contribution is 5.56. The molecule has 3 N–H and O–H groups in total. The van der Waals surface area contributed by atoms with E-state index in [0.29, 0.717) is 19.1 Å². The fourth-order valence-electron chi connectivity index (χ4n) is 2.61. The maximum atomic E-state index is 8.99. The van der Waals surface area contributed by atoms with Gasteiger partial charge in [-0.15, -0.1) is 0 Å². The first-order valence-corrected chi connectivity index (χ1v) is 6.40. The first-order chi connectivity index (χ1) is 8.24. The molecule has 2 rings (SSSR count). The number of aliphatic hydroxyl groups is 1. The Bertz CT molecular complexity index is 378. The molecule has 3 nitrogen and oxygen atoms in total. The zero-order valence-corrected chi connectivity index (χ0v) is 10.5. The molecule has 1 aromatic rings. The number of anilines is 1. The summed E-state index contributed by atoms with van der Waals surface area (Å²) in [5, 5.41) is 8.99. The predicted octanol–water partition coefficient (Wildman–Crippen LogP) is 1.66. The van der Waals surface area contributed by atoms with Crippen LogP contribution in [0.5, 0.6) is 0 Å². The molecule has 1 saturated heterocycles. The van der Waals surface area contributed by atoms with Crippen molar-refractivity contribution in [2.45, 2.75) is 26.3 Å². The van der Waals surface area contributed by atoms with Gasteiger partial charge in [-0.25, -0.2) is 0 Å². The van der Waals surface area contributed by atoms with Gasteiger partial charge in [0.15, 0.2) is 0 Å². The second-order valence-electron chi connectivity index (χ2n) is 4.95. The van der Waals surface area contributed by atoms with Crippen LogP contribution in [-0.2, 0) is 6.54 Å². The van der Waals surface area contributed by atoms with E-state index >= 15 is 0 Å². The molecule has 0 aromatic heterocycles. The molecule has 0 bridgehead atoms. The van der Waals surface area contributed by atoms with Gasteiger partial charge in [-0.05, 0) is 42.9 Å². The van der Waals surface area contributed by atoms with Crippen molar-refractivity contribution in [1.82, 2.24) is 0 Å². The largest absolute Gasteiger partial charge is 0.396 e. The predicted molar refractivity (Wildman–Crippen MR) is 71.1 cm³/mol. The van der Waals surface area contributed by atoms with Crippen LogP contribution in [0.25, 0.3) is 0 Å². The van der Waals surface area contributed by atoms with Crippen molar-refractivity contribution in [3.05, 3.63) is 29.3 Å². The zero-order chi connectivity index (χ0) is 12.3. The summed E-state index contributed by atoms with van der Waals surface area (Å²) in [5.74, 6) is 0.631. The number of benzene rings is 1. The van der Waals surface area contributed by atoms with Crippen molar-refractivity contribution in [3.63, 3.8) is 0 Å². The zero-order valence-electron chi connectivity index (χ0n) is 10.5. The molecule has 0 amide bonds. The molecular weight excluding hydrogens is 212 g/mol. The molecule has 0 saturated carbocycles. The molecule has 1 aliphatic heterocycles. The van der Waals surface area contributed by atoms with Crippen LogP contribution in [0.3, 0.4) is 0 Å². The Hall–Kier alpha value is -1.06.